The van der Waals surface area contributed by atoms with Crippen LogP contribution in [0.1, 0.15) is 6.42 Å². The van der Waals surface area contributed by atoms with Gasteiger partial charge in [-0.25, -0.2) is 0 Å². The molecule has 128 valence electrons. The van der Waals surface area contributed by atoms with E-state index in [1.54, 1.807) is 6.07 Å². The summed E-state index contributed by atoms with van der Waals surface area (Å²) < 4.78 is 39.7. The lowest BCUT2D eigenvalue weighted by Gasteiger charge is -2.24. The van der Waals surface area contributed by atoms with Gasteiger partial charge in [0.05, 0.1) is 22.4 Å². The van der Waals surface area contributed by atoms with Crippen LogP contribution in [-0.2, 0) is 0 Å². The minimum Gasteiger partial charge on any atom is -0.354 e. The molecule has 0 radical (unpaired) electrons. The number of nitro groups is 2. The summed E-state index contributed by atoms with van der Waals surface area (Å²) in [5, 5.41) is 24.5. The highest BCUT2D eigenvalue weighted by Gasteiger charge is 2.58. The van der Waals surface area contributed by atoms with E-state index in [9.17, 15) is 33.4 Å². The van der Waals surface area contributed by atoms with Gasteiger partial charge < -0.3 is 5.32 Å². The number of hydrogen-bond donors (Lipinski definition) is 1. The second-order valence-corrected chi connectivity index (χ2v) is 5.28. The van der Waals surface area contributed by atoms with Crippen LogP contribution in [0.4, 0.5) is 18.9 Å². The Morgan fingerprint density at radius 3 is 2.25 bits per heavy atom. The van der Waals surface area contributed by atoms with Crippen molar-refractivity contribution in [2.24, 2.45) is 0 Å². The monoisotopic (exact) mass is 363 g/mol. The lowest BCUT2D eigenvalue weighted by molar-refractivity contribution is -0.780. The van der Waals surface area contributed by atoms with Crippen molar-refractivity contribution in [1.29, 1.82) is 0 Å². The van der Waals surface area contributed by atoms with Crippen molar-refractivity contribution in [3.63, 3.8) is 0 Å². The van der Waals surface area contributed by atoms with Crippen LogP contribution in [0.2, 0.25) is 5.02 Å². The van der Waals surface area contributed by atoms with Crippen molar-refractivity contribution in [1.82, 2.24) is 0 Å². The van der Waals surface area contributed by atoms with E-state index < -0.39 is 39.4 Å². The van der Waals surface area contributed by atoms with Crippen LogP contribution >= 0.6 is 11.6 Å². The summed E-state index contributed by atoms with van der Waals surface area (Å²) in [5.41, 5.74) is -4.96. The third kappa shape index (κ3) is 3.18. The molecule has 0 heterocycles. The molecule has 2 rings (SSSR count). The summed E-state index contributed by atoms with van der Waals surface area (Å²) in [6.07, 6.45) is -5.07. The minimum absolute atomic E-state index is 0.0200. The topological polar surface area (TPSA) is 98.3 Å². The van der Waals surface area contributed by atoms with Crippen molar-refractivity contribution in [2.45, 2.75) is 18.3 Å². The van der Waals surface area contributed by atoms with Gasteiger partial charge in [-0.1, -0.05) is 23.7 Å². The minimum atomic E-state index is -5.03. The van der Waals surface area contributed by atoms with Gasteiger partial charge in [0.15, 0.2) is 0 Å². The number of para-hydroxylation sites is 1. The average molecular weight is 364 g/mol. The highest BCUT2D eigenvalue weighted by Crippen LogP contribution is 2.39. The summed E-state index contributed by atoms with van der Waals surface area (Å²) in [6.45, 7) is 0. The smallest absolute Gasteiger partial charge is 0.354 e. The number of alkyl halides is 3. The molecule has 0 unspecified atom stereocenters. The van der Waals surface area contributed by atoms with Crippen molar-refractivity contribution in [3.8, 4) is 0 Å². The molecule has 0 atom stereocenters. The van der Waals surface area contributed by atoms with E-state index in [2.05, 4.69) is 5.32 Å². The zero-order chi connectivity index (χ0) is 18.1. The van der Waals surface area contributed by atoms with Crippen LogP contribution in [0.15, 0.2) is 47.7 Å². The van der Waals surface area contributed by atoms with Crippen LogP contribution in [0.25, 0.3) is 0 Å². The number of hydrogen-bond acceptors (Lipinski definition) is 5. The third-order valence-corrected chi connectivity index (χ3v) is 3.68. The summed E-state index contributed by atoms with van der Waals surface area (Å²) in [5.74, 6) is 0. The maximum Gasteiger partial charge on any atom is 0.482 e. The van der Waals surface area contributed by atoms with E-state index in [1.807, 2.05) is 0 Å². The zero-order valence-corrected chi connectivity index (χ0v) is 12.5. The van der Waals surface area contributed by atoms with E-state index >= 15 is 0 Å². The van der Waals surface area contributed by atoms with E-state index in [0.717, 1.165) is 6.08 Å². The molecule has 0 bridgehead atoms. The Morgan fingerprint density at radius 2 is 1.75 bits per heavy atom. The fourth-order valence-electron chi connectivity index (χ4n) is 2.11. The van der Waals surface area contributed by atoms with Crippen LogP contribution < -0.4 is 5.32 Å². The number of anilines is 1. The van der Waals surface area contributed by atoms with E-state index in [4.69, 9.17) is 11.6 Å². The van der Waals surface area contributed by atoms with Crippen LogP contribution in [0.3, 0.4) is 0 Å². The van der Waals surface area contributed by atoms with Gasteiger partial charge in [-0.3, -0.25) is 20.2 Å². The molecule has 1 aromatic carbocycles. The van der Waals surface area contributed by atoms with Gasteiger partial charge in [-0.2, -0.15) is 13.2 Å². The lowest BCUT2D eigenvalue weighted by atomic mass is 9.94. The molecule has 0 saturated heterocycles. The summed E-state index contributed by atoms with van der Waals surface area (Å²) in [6, 6.07) is 5.92. The van der Waals surface area contributed by atoms with Crippen molar-refractivity contribution >= 4 is 17.3 Å². The Kier molecular flexibility index (Phi) is 4.52. The van der Waals surface area contributed by atoms with Crippen LogP contribution in [0.5, 0.6) is 0 Å². The Balaban J connectivity index is 2.50. The number of rotatable bonds is 4. The van der Waals surface area contributed by atoms with Crippen LogP contribution in [0, 0.1) is 20.2 Å². The molecule has 7 nitrogen and oxygen atoms in total. The largest absolute Gasteiger partial charge is 0.482 e. The number of halogens is 4. The van der Waals surface area contributed by atoms with Gasteiger partial charge in [0.2, 0.25) is 0 Å². The molecular weight excluding hydrogens is 355 g/mol. The normalized spacial score (nSPS) is 16.8. The zero-order valence-electron chi connectivity index (χ0n) is 11.7. The standard InChI is InChI=1S/C13H9ClF3N3O4/c14-9-3-1-2-4-11(9)18-10-5-6-12(19(21)22,20(23)24)7-8(10)13(15,16)17/h1-5,7,18H,6H2. The van der Waals surface area contributed by atoms with Crippen molar-refractivity contribution in [2.75, 3.05) is 5.32 Å². The van der Waals surface area contributed by atoms with Crippen molar-refractivity contribution < 1.29 is 23.0 Å². The maximum atomic E-state index is 13.2. The quantitative estimate of drug-likeness (QED) is 0.498. The second kappa shape index (κ2) is 6.11. The lowest BCUT2D eigenvalue weighted by Crippen LogP contribution is -2.46. The van der Waals surface area contributed by atoms with E-state index in [1.165, 1.54) is 18.2 Å². The molecular formula is C13H9ClF3N3O4. The fraction of sp³-hybridized carbons (Fsp3) is 0.231. The predicted octanol–water partition coefficient (Wildman–Crippen LogP) is 3.78. The van der Waals surface area contributed by atoms with Gasteiger partial charge in [0.25, 0.3) is 0 Å². The molecule has 1 aliphatic carbocycles. The first-order chi connectivity index (χ1) is 11.1. The SMILES string of the molecule is O=[N+]([O-])C1([N+](=O)[O-])C=C(C(F)(F)F)C(Nc2ccccc2Cl)=CC1. The van der Waals surface area contributed by atoms with Gasteiger partial charge in [0, 0.05) is 5.70 Å². The third-order valence-electron chi connectivity index (χ3n) is 3.35. The Hall–Kier alpha value is -2.62. The van der Waals surface area contributed by atoms with E-state index in [-0.39, 0.29) is 16.8 Å². The molecule has 0 spiro atoms. The first kappa shape index (κ1) is 17.7. The fourth-order valence-corrected chi connectivity index (χ4v) is 2.29. The highest BCUT2D eigenvalue weighted by atomic mass is 35.5. The molecule has 1 aliphatic rings. The molecule has 11 heteroatoms. The molecule has 0 fully saturated rings. The Labute approximate surface area is 137 Å². The Morgan fingerprint density at radius 1 is 1.17 bits per heavy atom. The average Bonchev–Trinajstić information content (AvgIpc) is 2.48. The number of allylic oxidation sites excluding steroid dienone is 1. The number of nitrogens with one attached hydrogen (secondary N) is 1. The highest BCUT2D eigenvalue weighted by molar-refractivity contribution is 6.33. The van der Waals surface area contributed by atoms with Gasteiger partial charge in [-0.15, -0.1) is 0 Å². The number of nitrogens with zero attached hydrogens (tertiary/aromatic N) is 2. The second-order valence-electron chi connectivity index (χ2n) is 4.88. The molecule has 0 saturated carbocycles. The molecule has 0 aromatic heterocycles. The van der Waals surface area contributed by atoms with Crippen molar-refractivity contribution in [3.05, 3.63) is 72.9 Å². The first-order valence-electron chi connectivity index (χ1n) is 6.39. The maximum absolute atomic E-state index is 13.2. The first-order valence-corrected chi connectivity index (χ1v) is 6.77. The Bertz CT molecular complexity index is 747. The van der Waals surface area contributed by atoms with Gasteiger partial charge in [-0.05, 0) is 18.2 Å². The predicted molar refractivity (Wildman–Crippen MR) is 78.6 cm³/mol. The van der Waals surface area contributed by atoms with E-state index in [0.29, 0.717) is 0 Å². The summed E-state index contributed by atoms with van der Waals surface area (Å²) >= 11 is 5.86. The molecule has 1 N–H and O–H groups in total. The molecule has 1 aromatic rings. The van der Waals surface area contributed by atoms with Gasteiger partial charge >= 0.3 is 11.8 Å². The molecule has 24 heavy (non-hydrogen) atoms. The molecule has 0 aliphatic heterocycles. The van der Waals surface area contributed by atoms with Crippen LogP contribution in [-0.4, -0.2) is 21.7 Å². The summed E-state index contributed by atoms with van der Waals surface area (Å²) in [4.78, 5) is 19.3. The summed E-state index contributed by atoms with van der Waals surface area (Å²) in [7, 11) is 0. The number of benzene rings is 1. The molecule has 0 amide bonds. The van der Waals surface area contributed by atoms with Gasteiger partial charge in [0.1, 0.15) is 16.3 Å².